The first-order chi connectivity index (χ1) is 17.0. The second-order valence-corrected chi connectivity index (χ2v) is 9.41. The second kappa shape index (κ2) is 9.75. The van der Waals surface area contributed by atoms with Crippen molar-refractivity contribution in [2.24, 2.45) is 5.92 Å². The van der Waals surface area contributed by atoms with Crippen LogP contribution in [0.4, 0.5) is 9.18 Å². The standard InChI is InChI=1S/C26H30FN5O3/c1-35-15-14-32-24(33)26(30-25(32)34,16-18-6-8-20(27)9-7-18)19-10-12-31(13-11-19)17-23-28-21-4-2-3-5-22(21)29-23/h2-9,19H,10-17H2,1H3,(H,28,29)(H,30,34)/t26-/m1/s1. The Kier molecular flexibility index (Phi) is 6.53. The number of carbonyl (C=O) groups excluding carboxylic acids is 2. The van der Waals surface area contributed by atoms with Crippen LogP contribution in [0.2, 0.25) is 0 Å². The minimum absolute atomic E-state index is 0.0385. The van der Waals surface area contributed by atoms with Crippen molar-refractivity contribution in [2.45, 2.75) is 31.3 Å². The van der Waals surface area contributed by atoms with Gasteiger partial charge in [-0.2, -0.15) is 0 Å². The van der Waals surface area contributed by atoms with Crippen LogP contribution in [0.5, 0.6) is 0 Å². The zero-order valence-electron chi connectivity index (χ0n) is 19.8. The van der Waals surface area contributed by atoms with Gasteiger partial charge in [-0.15, -0.1) is 0 Å². The summed E-state index contributed by atoms with van der Waals surface area (Å²) in [6, 6.07) is 13.7. The summed E-state index contributed by atoms with van der Waals surface area (Å²) in [6.07, 6.45) is 1.84. The van der Waals surface area contributed by atoms with Crippen LogP contribution in [0, 0.1) is 11.7 Å². The highest BCUT2D eigenvalue weighted by Gasteiger charge is 2.55. The largest absolute Gasteiger partial charge is 0.383 e. The van der Waals surface area contributed by atoms with E-state index in [0.717, 1.165) is 48.4 Å². The van der Waals surface area contributed by atoms with Crippen LogP contribution in [0.3, 0.4) is 0 Å². The van der Waals surface area contributed by atoms with E-state index in [1.165, 1.54) is 17.0 Å². The van der Waals surface area contributed by atoms with Crippen LogP contribution >= 0.6 is 0 Å². The number of imidazole rings is 1. The Balaban J connectivity index is 1.33. The number of hydrogen-bond acceptors (Lipinski definition) is 5. The number of likely N-dealkylation sites (tertiary alicyclic amines) is 1. The molecule has 3 amide bonds. The van der Waals surface area contributed by atoms with Gasteiger partial charge in [-0.05, 0) is 61.7 Å². The van der Waals surface area contributed by atoms with Gasteiger partial charge in [0.1, 0.15) is 17.2 Å². The molecule has 0 saturated carbocycles. The summed E-state index contributed by atoms with van der Waals surface area (Å²) >= 11 is 0. The number of para-hydroxylation sites is 2. The van der Waals surface area contributed by atoms with Crippen molar-refractivity contribution in [3.05, 3.63) is 65.7 Å². The third kappa shape index (κ3) is 4.66. The van der Waals surface area contributed by atoms with Crippen molar-refractivity contribution in [2.75, 3.05) is 33.4 Å². The molecular formula is C26H30FN5O3. The fourth-order valence-corrected chi connectivity index (χ4v) is 5.37. The molecular weight excluding hydrogens is 449 g/mol. The van der Waals surface area contributed by atoms with Crippen molar-refractivity contribution in [1.82, 2.24) is 25.1 Å². The number of rotatable bonds is 8. The number of halogens is 1. The summed E-state index contributed by atoms with van der Waals surface area (Å²) < 4.78 is 18.6. The van der Waals surface area contributed by atoms with E-state index in [2.05, 4.69) is 20.2 Å². The van der Waals surface area contributed by atoms with Crippen molar-refractivity contribution >= 4 is 23.0 Å². The lowest BCUT2D eigenvalue weighted by molar-refractivity contribution is -0.134. The molecule has 3 heterocycles. The number of H-pyrrole nitrogens is 1. The molecule has 9 heteroatoms. The molecule has 2 saturated heterocycles. The number of amides is 3. The van der Waals surface area contributed by atoms with Gasteiger partial charge in [0.05, 0.1) is 30.7 Å². The first-order valence-electron chi connectivity index (χ1n) is 12.0. The first-order valence-corrected chi connectivity index (χ1v) is 12.0. The number of aromatic nitrogens is 2. The van der Waals surface area contributed by atoms with Gasteiger partial charge in [-0.25, -0.2) is 14.2 Å². The molecule has 3 aromatic rings. The predicted molar refractivity (Wildman–Crippen MR) is 129 cm³/mol. The van der Waals surface area contributed by atoms with Gasteiger partial charge in [0.25, 0.3) is 5.91 Å². The highest BCUT2D eigenvalue weighted by Crippen LogP contribution is 2.36. The predicted octanol–water partition coefficient (Wildman–Crippen LogP) is 3.09. The van der Waals surface area contributed by atoms with Crippen LogP contribution in [-0.4, -0.2) is 70.6 Å². The average Bonchev–Trinajstić information content (AvgIpc) is 3.37. The van der Waals surface area contributed by atoms with Crippen LogP contribution in [0.25, 0.3) is 11.0 Å². The topological polar surface area (TPSA) is 90.6 Å². The maximum absolute atomic E-state index is 13.7. The van der Waals surface area contributed by atoms with Gasteiger partial charge in [0.2, 0.25) is 0 Å². The van der Waals surface area contributed by atoms with Crippen molar-refractivity contribution < 1.29 is 18.7 Å². The van der Waals surface area contributed by atoms with E-state index in [1.807, 2.05) is 24.3 Å². The molecule has 2 N–H and O–H groups in total. The van der Waals surface area contributed by atoms with Crippen molar-refractivity contribution in [3.8, 4) is 0 Å². The molecule has 0 radical (unpaired) electrons. The van der Waals surface area contributed by atoms with Crippen LogP contribution in [0.15, 0.2) is 48.5 Å². The number of hydrogen-bond donors (Lipinski definition) is 2. The van der Waals surface area contributed by atoms with Gasteiger partial charge in [-0.1, -0.05) is 24.3 Å². The van der Waals surface area contributed by atoms with E-state index in [-0.39, 0.29) is 36.8 Å². The maximum Gasteiger partial charge on any atom is 0.325 e. The molecule has 5 rings (SSSR count). The normalized spacial score (nSPS) is 21.7. The lowest BCUT2D eigenvalue weighted by atomic mass is 9.74. The highest BCUT2D eigenvalue weighted by molar-refractivity contribution is 6.07. The molecule has 0 aliphatic carbocycles. The fourth-order valence-electron chi connectivity index (χ4n) is 5.37. The minimum Gasteiger partial charge on any atom is -0.383 e. The average molecular weight is 480 g/mol. The number of imide groups is 1. The first kappa shape index (κ1) is 23.4. The zero-order valence-corrected chi connectivity index (χ0v) is 19.8. The second-order valence-electron chi connectivity index (χ2n) is 9.41. The highest BCUT2D eigenvalue weighted by atomic mass is 19.1. The number of nitrogens with one attached hydrogen (secondary N) is 2. The molecule has 0 spiro atoms. The number of fused-ring (bicyclic) bond motifs is 1. The molecule has 0 bridgehead atoms. The fraction of sp³-hybridized carbons (Fsp3) is 0.423. The Bertz CT molecular complexity index is 1170. The molecule has 1 atom stereocenters. The third-order valence-electron chi connectivity index (χ3n) is 7.21. The summed E-state index contributed by atoms with van der Waals surface area (Å²) in [4.78, 5) is 38.2. The lowest BCUT2D eigenvalue weighted by Crippen LogP contribution is -2.57. The summed E-state index contributed by atoms with van der Waals surface area (Å²) in [5.74, 6) is 0.329. The smallest absolute Gasteiger partial charge is 0.325 e. The monoisotopic (exact) mass is 479 g/mol. The quantitative estimate of drug-likeness (QED) is 0.485. The number of piperidine rings is 1. The summed E-state index contributed by atoms with van der Waals surface area (Å²) in [5.41, 5.74) is 1.74. The van der Waals surface area contributed by atoms with Gasteiger partial charge in [-0.3, -0.25) is 14.6 Å². The van der Waals surface area contributed by atoms with E-state index in [9.17, 15) is 14.0 Å². The van der Waals surface area contributed by atoms with E-state index >= 15 is 0 Å². The molecule has 1 aromatic heterocycles. The minimum atomic E-state index is -1.05. The number of urea groups is 1. The van der Waals surface area contributed by atoms with Crippen LogP contribution < -0.4 is 5.32 Å². The molecule has 2 aromatic carbocycles. The van der Waals surface area contributed by atoms with E-state index < -0.39 is 5.54 Å². The van der Waals surface area contributed by atoms with E-state index in [1.54, 1.807) is 19.2 Å². The van der Waals surface area contributed by atoms with E-state index in [4.69, 9.17) is 4.74 Å². The summed E-state index contributed by atoms with van der Waals surface area (Å²) in [7, 11) is 1.54. The lowest BCUT2D eigenvalue weighted by Gasteiger charge is -2.41. The van der Waals surface area contributed by atoms with Gasteiger partial charge < -0.3 is 15.0 Å². The Morgan fingerprint density at radius 2 is 1.86 bits per heavy atom. The molecule has 2 aliphatic rings. The Hall–Kier alpha value is -3.30. The van der Waals surface area contributed by atoms with Crippen molar-refractivity contribution in [1.29, 1.82) is 0 Å². The number of nitrogens with zero attached hydrogens (tertiary/aromatic N) is 3. The Labute approximate surface area is 203 Å². The molecule has 2 fully saturated rings. The summed E-state index contributed by atoms with van der Waals surface area (Å²) in [6.45, 7) is 2.76. The van der Waals surface area contributed by atoms with Gasteiger partial charge in [0.15, 0.2) is 0 Å². The molecule has 0 unspecified atom stereocenters. The molecule has 2 aliphatic heterocycles. The SMILES string of the molecule is COCCN1C(=O)N[C@](Cc2ccc(F)cc2)(C2CCN(Cc3nc4ccccc4[nH]3)CC2)C1=O. The number of aromatic amines is 1. The number of methoxy groups -OCH3 is 1. The number of benzene rings is 2. The Morgan fingerprint density at radius 3 is 2.57 bits per heavy atom. The van der Waals surface area contributed by atoms with Gasteiger partial charge >= 0.3 is 6.03 Å². The summed E-state index contributed by atoms with van der Waals surface area (Å²) in [5, 5.41) is 3.04. The molecule has 35 heavy (non-hydrogen) atoms. The van der Waals surface area contributed by atoms with Crippen LogP contribution in [-0.2, 0) is 22.5 Å². The van der Waals surface area contributed by atoms with Crippen LogP contribution in [0.1, 0.15) is 24.2 Å². The zero-order chi connectivity index (χ0) is 24.4. The van der Waals surface area contributed by atoms with Gasteiger partial charge in [0, 0.05) is 13.5 Å². The van der Waals surface area contributed by atoms with Crippen molar-refractivity contribution in [3.63, 3.8) is 0 Å². The number of carbonyl (C=O) groups is 2. The molecule has 8 nitrogen and oxygen atoms in total. The molecule has 184 valence electrons. The third-order valence-corrected chi connectivity index (χ3v) is 7.21. The van der Waals surface area contributed by atoms with E-state index in [0.29, 0.717) is 13.0 Å². The maximum atomic E-state index is 13.7. The Morgan fingerprint density at radius 1 is 1.11 bits per heavy atom. The number of ether oxygens (including phenoxy) is 1.